The number of carboxylic acid groups (broad SMARTS) is 1. The number of carboxylic acids is 1. The molecule has 2 rings (SSSR count). The normalized spacial score (nSPS) is 17.0. The first kappa shape index (κ1) is 13.9. The van der Waals surface area contributed by atoms with Crippen molar-refractivity contribution in [3.8, 4) is 0 Å². The smallest absolute Gasteiger partial charge is 0.305 e. The van der Waals surface area contributed by atoms with Crippen LogP contribution in [0, 0.1) is 0 Å². The molecule has 1 atom stereocenters. The molecular weight excluding hydrogens is 262 g/mol. The lowest BCUT2D eigenvalue weighted by atomic mass is 10.00. The number of benzene rings is 1. The Kier molecular flexibility index (Phi) is 4.47. The van der Waals surface area contributed by atoms with Crippen molar-refractivity contribution >= 4 is 23.6 Å². The van der Waals surface area contributed by atoms with E-state index in [0.29, 0.717) is 6.54 Å². The molecule has 1 unspecified atom stereocenters. The quantitative estimate of drug-likeness (QED) is 0.897. The summed E-state index contributed by atoms with van der Waals surface area (Å²) in [6.45, 7) is 2.72. The third kappa shape index (κ3) is 3.10. The van der Waals surface area contributed by atoms with Crippen molar-refractivity contribution in [1.82, 2.24) is 4.90 Å². The van der Waals surface area contributed by atoms with Crippen LogP contribution in [-0.4, -0.2) is 40.7 Å². The second-order valence-electron chi connectivity index (χ2n) is 4.46. The fourth-order valence-electron chi connectivity index (χ4n) is 2.24. The van der Waals surface area contributed by atoms with Crippen molar-refractivity contribution < 1.29 is 14.7 Å². The van der Waals surface area contributed by atoms with Gasteiger partial charge in [0.15, 0.2) is 0 Å². The SMILES string of the molecule is CCN(CCC(=O)O)C(=O)C1CSc2ccccc21. The number of aliphatic carboxylic acids is 1. The van der Waals surface area contributed by atoms with Gasteiger partial charge >= 0.3 is 5.97 Å². The van der Waals surface area contributed by atoms with E-state index < -0.39 is 5.97 Å². The predicted octanol–water partition coefficient (Wildman–Crippen LogP) is 2.20. The number of hydrogen-bond acceptors (Lipinski definition) is 3. The fraction of sp³-hybridized carbons (Fsp3) is 0.429. The Morgan fingerprint density at radius 2 is 2.16 bits per heavy atom. The average molecular weight is 279 g/mol. The topological polar surface area (TPSA) is 57.6 Å². The number of nitrogens with zero attached hydrogens (tertiary/aromatic N) is 1. The molecule has 0 bridgehead atoms. The van der Waals surface area contributed by atoms with E-state index in [2.05, 4.69) is 0 Å². The summed E-state index contributed by atoms with van der Waals surface area (Å²) in [7, 11) is 0. The number of rotatable bonds is 5. The largest absolute Gasteiger partial charge is 0.481 e. The number of hydrogen-bond donors (Lipinski definition) is 1. The lowest BCUT2D eigenvalue weighted by Gasteiger charge is -2.23. The van der Waals surface area contributed by atoms with Gasteiger partial charge < -0.3 is 10.0 Å². The maximum absolute atomic E-state index is 12.5. The van der Waals surface area contributed by atoms with E-state index >= 15 is 0 Å². The minimum atomic E-state index is -0.868. The van der Waals surface area contributed by atoms with Gasteiger partial charge in [0.2, 0.25) is 5.91 Å². The summed E-state index contributed by atoms with van der Waals surface area (Å²) in [5, 5.41) is 8.72. The van der Waals surface area contributed by atoms with Gasteiger partial charge in [-0.05, 0) is 18.6 Å². The standard InChI is InChI=1S/C14H17NO3S/c1-2-15(8-7-13(16)17)14(18)11-9-19-12-6-4-3-5-10(11)12/h3-6,11H,2,7-9H2,1H3,(H,16,17). The average Bonchev–Trinajstić information content (AvgIpc) is 2.82. The van der Waals surface area contributed by atoms with E-state index in [1.807, 2.05) is 31.2 Å². The van der Waals surface area contributed by atoms with Crippen LogP contribution >= 0.6 is 11.8 Å². The van der Waals surface area contributed by atoms with Crippen LogP contribution in [0.15, 0.2) is 29.2 Å². The first-order valence-electron chi connectivity index (χ1n) is 6.35. The van der Waals surface area contributed by atoms with Crippen LogP contribution in [0.1, 0.15) is 24.8 Å². The molecule has 1 aliphatic rings. The Bertz CT molecular complexity index is 489. The molecule has 1 amide bonds. The van der Waals surface area contributed by atoms with Crippen LogP contribution in [0.4, 0.5) is 0 Å². The van der Waals surface area contributed by atoms with Crippen LogP contribution < -0.4 is 0 Å². The molecule has 0 spiro atoms. The summed E-state index contributed by atoms with van der Waals surface area (Å²) < 4.78 is 0. The highest BCUT2D eigenvalue weighted by Crippen LogP contribution is 2.40. The lowest BCUT2D eigenvalue weighted by molar-refractivity contribution is -0.138. The Morgan fingerprint density at radius 1 is 1.42 bits per heavy atom. The third-order valence-electron chi connectivity index (χ3n) is 3.29. The molecule has 0 radical (unpaired) electrons. The van der Waals surface area contributed by atoms with Crippen molar-refractivity contribution in [2.45, 2.75) is 24.2 Å². The van der Waals surface area contributed by atoms with Crippen LogP contribution in [0.5, 0.6) is 0 Å². The van der Waals surface area contributed by atoms with Crippen molar-refractivity contribution in [2.75, 3.05) is 18.8 Å². The van der Waals surface area contributed by atoms with Gasteiger partial charge in [-0.15, -0.1) is 11.8 Å². The highest BCUT2D eigenvalue weighted by molar-refractivity contribution is 7.99. The minimum absolute atomic E-state index is 0.00108. The van der Waals surface area contributed by atoms with Gasteiger partial charge in [-0.1, -0.05) is 18.2 Å². The summed E-state index contributed by atoms with van der Waals surface area (Å²) in [6.07, 6.45) is 0.00108. The molecule has 0 aliphatic carbocycles. The molecule has 0 aromatic heterocycles. The zero-order valence-corrected chi connectivity index (χ0v) is 11.7. The number of carbonyl (C=O) groups is 2. The van der Waals surface area contributed by atoms with Crippen LogP contribution in [0.25, 0.3) is 0 Å². The molecule has 4 nitrogen and oxygen atoms in total. The Labute approximate surface area is 116 Å². The van der Waals surface area contributed by atoms with Crippen molar-refractivity contribution in [1.29, 1.82) is 0 Å². The Hall–Kier alpha value is -1.49. The second-order valence-corrected chi connectivity index (χ2v) is 5.52. The van der Waals surface area contributed by atoms with E-state index in [1.165, 1.54) is 0 Å². The third-order valence-corrected chi connectivity index (χ3v) is 4.47. The van der Waals surface area contributed by atoms with Gasteiger partial charge in [0, 0.05) is 23.7 Å². The lowest BCUT2D eigenvalue weighted by Crippen LogP contribution is -2.36. The van der Waals surface area contributed by atoms with E-state index in [-0.39, 0.29) is 24.8 Å². The molecule has 1 N–H and O–H groups in total. The highest BCUT2D eigenvalue weighted by Gasteiger charge is 2.31. The molecule has 1 aromatic carbocycles. The number of amides is 1. The molecule has 0 saturated carbocycles. The number of likely N-dealkylation sites (N-methyl/N-ethyl adjacent to an activating group) is 1. The molecule has 0 saturated heterocycles. The van der Waals surface area contributed by atoms with E-state index in [4.69, 9.17) is 5.11 Å². The molecule has 0 fully saturated rings. The zero-order chi connectivity index (χ0) is 13.8. The van der Waals surface area contributed by atoms with Gasteiger partial charge in [0.05, 0.1) is 12.3 Å². The first-order valence-corrected chi connectivity index (χ1v) is 7.34. The summed E-state index contributed by atoms with van der Waals surface area (Å²) >= 11 is 1.69. The summed E-state index contributed by atoms with van der Waals surface area (Å²) in [6, 6.07) is 7.93. The van der Waals surface area contributed by atoms with Gasteiger partial charge in [0.1, 0.15) is 0 Å². The van der Waals surface area contributed by atoms with Gasteiger partial charge in [-0.2, -0.15) is 0 Å². The molecule has 1 aromatic rings. The summed E-state index contributed by atoms with van der Waals surface area (Å²) in [5.41, 5.74) is 1.08. The zero-order valence-electron chi connectivity index (χ0n) is 10.8. The van der Waals surface area contributed by atoms with E-state index in [1.54, 1.807) is 16.7 Å². The Balaban J connectivity index is 2.09. The van der Waals surface area contributed by atoms with E-state index in [0.717, 1.165) is 16.2 Å². The highest BCUT2D eigenvalue weighted by atomic mass is 32.2. The summed E-state index contributed by atoms with van der Waals surface area (Å²) in [4.78, 5) is 25.9. The Morgan fingerprint density at radius 3 is 2.84 bits per heavy atom. The van der Waals surface area contributed by atoms with Crippen molar-refractivity contribution in [3.63, 3.8) is 0 Å². The number of carbonyl (C=O) groups excluding carboxylic acids is 1. The van der Waals surface area contributed by atoms with Crippen LogP contribution in [0.3, 0.4) is 0 Å². The monoisotopic (exact) mass is 279 g/mol. The van der Waals surface area contributed by atoms with E-state index in [9.17, 15) is 9.59 Å². The minimum Gasteiger partial charge on any atom is -0.481 e. The molecular formula is C14H17NO3S. The predicted molar refractivity (Wildman–Crippen MR) is 74.4 cm³/mol. The van der Waals surface area contributed by atoms with Gasteiger partial charge in [0.25, 0.3) is 0 Å². The maximum Gasteiger partial charge on any atom is 0.305 e. The molecule has 1 aliphatic heterocycles. The van der Waals surface area contributed by atoms with Crippen LogP contribution in [0.2, 0.25) is 0 Å². The first-order chi connectivity index (χ1) is 9.13. The van der Waals surface area contributed by atoms with Gasteiger partial charge in [-0.3, -0.25) is 9.59 Å². The van der Waals surface area contributed by atoms with Crippen molar-refractivity contribution in [2.24, 2.45) is 0 Å². The van der Waals surface area contributed by atoms with Crippen LogP contribution in [-0.2, 0) is 9.59 Å². The number of thioether (sulfide) groups is 1. The molecule has 19 heavy (non-hydrogen) atoms. The fourth-order valence-corrected chi connectivity index (χ4v) is 3.46. The second kappa shape index (κ2) is 6.10. The number of fused-ring (bicyclic) bond motifs is 1. The maximum atomic E-state index is 12.5. The van der Waals surface area contributed by atoms with Crippen molar-refractivity contribution in [3.05, 3.63) is 29.8 Å². The molecule has 1 heterocycles. The summed E-state index contributed by atoms with van der Waals surface area (Å²) in [5.74, 6) is -0.203. The van der Waals surface area contributed by atoms with Gasteiger partial charge in [-0.25, -0.2) is 0 Å². The molecule has 5 heteroatoms. The molecule has 102 valence electrons.